The van der Waals surface area contributed by atoms with Gasteiger partial charge in [-0.2, -0.15) is 0 Å². The molecule has 0 saturated carbocycles. The normalized spacial score (nSPS) is 18.7. The van der Waals surface area contributed by atoms with E-state index in [4.69, 9.17) is 5.53 Å². The minimum atomic E-state index is 0.620. The Morgan fingerprint density at radius 3 is 2.69 bits per heavy atom. The van der Waals surface area contributed by atoms with Gasteiger partial charge in [-0.25, -0.2) is 0 Å². The van der Waals surface area contributed by atoms with Gasteiger partial charge < -0.3 is 9.80 Å². The Morgan fingerprint density at radius 2 is 2.12 bits per heavy atom. The van der Waals surface area contributed by atoms with E-state index >= 15 is 0 Å². The predicted molar refractivity (Wildman–Crippen MR) is 66.4 cm³/mol. The molecule has 1 fully saturated rings. The first-order valence-electron chi connectivity index (χ1n) is 6.21. The maximum Gasteiger partial charge on any atom is 0.0270 e. The number of hydrogen-bond acceptors (Lipinski definition) is 3. The highest BCUT2D eigenvalue weighted by Crippen LogP contribution is 2.15. The van der Waals surface area contributed by atoms with E-state index in [0.29, 0.717) is 12.6 Å². The van der Waals surface area contributed by atoms with Crippen molar-refractivity contribution in [2.45, 2.75) is 32.2 Å². The van der Waals surface area contributed by atoms with Crippen LogP contribution < -0.4 is 0 Å². The van der Waals surface area contributed by atoms with Gasteiger partial charge in [0.05, 0.1) is 0 Å². The molecule has 92 valence electrons. The van der Waals surface area contributed by atoms with Crippen molar-refractivity contribution < 1.29 is 0 Å². The Balaban J connectivity index is 2.17. The van der Waals surface area contributed by atoms with Gasteiger partial charge in [0.2, 0.25) is 0 Å². The summed E-state index contributed by atoms with van der Waals surface area (Å²) in [6.45, 7) is 7.51. The minimum Gasteiger partial charge on any atom is -0.303 e. The number of azide groups is 1. The number of nitrogens with zero attached hydrogens (tertiary/aromatic N) is 5. The maximum atomic E-state index is 8.18. The molecular formula is C11H23N5. The third-order valence-electron chi connectivity index (χ3n) is 3.46. The lowest BCUT2D eigenvalue weighted by molar-refractivity contribution is 0.131. The van der Waals surface area contributed by atoms with E-state index < -0.39 is 0 Å². The van der Waals surface area contributed by atoms with Gasteiger partial charge in [0.25, 0.3) is 0 Å². The van der Waals surface area contributed by atoms with Crippen molar-refractivity contribution >= 4 is 0 Å². The molecule has 16 heavy (non-hydrogen) atoms. The number of piperidine rings is 1. The summed E-state index contributed by atoms with van der Waals surface area (Å²) in [6, 6.07) is 0.717. The van der Waals surface area contributed by atoms with Crippen molar-refractivity contribution in [3.8, 4) is 0 Å². The van der Waals surface area contributed by atoms with Crippen LogP contribution in [0.2, 0.25) is 0 Å². The first kappa shape index (κ1) is 13.3. The van der Waals surface area contributed by atoms with Crippen LogP contribution >= 0.6 is 0 Å². The van der Waals surface area contributed by atoms with Crippen molar-refractivity contribution in [3.05, 3.63) is 10.4 Å². The van der Waals surface area contributed by atoms with Gasteiger partial charge in [-0.3, -0.25) is 0 Å². The zero-order valence-corrected chi connectivity index (χ0v) is 10.5. The highest BCUT2D eigenvalue weighted by Gasteiger charge is 2.20. The zero-order valence-electron chi connectivity index (χ0n) is 10.5. The molecule has 1 heterocycles. The van der Waals surface area contributed by atoms with E-state index in [2.05, 4.69) is 33.8 Å². The summed E-state index contributed by atoms with van der Waals surface area (Å²) in [5.41, 5.74) is 8.18. The van der Waals surface area contributed by atoms with E-state index in [1.165, 1.54) is 32.5 Å². The molecule has 5 nitrogen and oxygen atoms in total. The molecule has 0 aromatic carbocycles. The van der Waals surface area contributed by atoms with E-state index in [0.717, 1.165) is 13.0 Å². The quantitative estimate of drug-likeness (QED) is 0.301. The molecule has 0 aliphatic carbocycles. The van der Waals surface area contributed by atoms with Gasteiger partial charge in [0.1, 0.15) is 0 Å². The summed E-state index contributed by atoms with van der Waals surface area (Å²) < 4.78 is 0. The SMILES string of the molecule is CCN1CCC(N(C)CCCN=[N+]=[N-])CC1. The second kappa shape index (κ2) is 7.49. The van der Waals surface area contributed by atoms with Crippen LogP contribution in [-0.4, -0.2) is 55.6 Å². The van der Waals surface area contributed by atoms with E-state index in [9.17, 15) is 0 Å². The summed E-state index contributed by atoms with van der Waals surface area (Å²) in [5, 5.41) is 3.56. The van der Waals surface area contributed by atoms with E-state index in [1.807, 2.05) is 0 Å². The van der Waals surface area contributed by atoms with Crippen molar-refractivity contribution in [1.82, 2.24) is 9.80 Å². The van der Waals surface area contributed by atoms with Crippen LogP contribution in [0.25, 0.3) is 10.4 Å². The molecule has 0 radical (unpaired) electrons. The molecule has 0 unspecified atom stereocenters. The Kier molecular flexibility index (Phi) is 6.23. The van der Waals surface area contributed by atoms with Crippen LogP contribution in [0.1, 0.15) is 26.2 Å². The minimum absolute atomic E-state index is 0.620. The lowest BCUT2D eigenvalue weighted by Crippen LogP contribution is -2.43. The predicted octanol–water partition coefficient (Wildman–Crippen LogP) is 2.10. The fourth-order valence-electron chi connectivity index (χ4n) is 2.29. The topological polar surface area (TPSA) is 55.2 Å². The third kappa shape index (κ3) is 4.39. The van der Waals surface area contributed by atoms with Crippen molar-refractivity contribution in [3.63, 3.8) is 0 Å². The van der Waals surface area contributed by atoms with Crippen molar-refractivity contribution in [2.75, 3.05) is 39.8 Å². The van der Waals surface area contributed by atoms with Gasteiger partial charge in [0, 0.05) is 17.5 Å². The maximum absolute atomic E-state index is 8.18. The summed E-state index contributed by atoms with van der Waals surface area (Å²) in [4.78, 5) is 7.69. The highest BCUT2D eigenvalue weighted by molar-refractivity contribution is 4.77. The zero-order chi connectivity index (χ0) is 11.8. The lowest BCUT2D eigenvalue weighted by atomic mass is 10.0. The first-order valence-corrected chi connectivity index (χ1v) is 6.21. The van der Waals surface area contributed by atoms with Crippen molar-refractivity contribution in [1.29, 1.82) is 0 Å². The molecule has 0 spiro atoms. The smallest absolute Gasteiger partial charge is 0.0270 e. The van der Waals surface area contributed by atoms with Gasteiger partial charge in [-0.05, 0) is 58.0 Å². The molecule has 1 aliphatic rings. The van der Waals surface area contributed by atoms with Crippen LogP contribution in [0.5, 0.6) is 0 Å². The molecule has 0 aromatic heterocycles. The Morgan fingerprint density at radius 1 is 1.44 bits per heavy atom. The Hall–Kier alpha value is -0.770. The molecule has 5 heteroatoms. The molecule has 1 saturated heterocycles. The Bertz CT molecular complexity index is 229. The standard InChI is InChI=1S/C11H23N5/c1-3-16-9-5-11(6-10-16)15(2)8-4-7-13-14-12/h11H,3-10H2,1-2H3. The summed E-state index contributed by atoms with van der Waals surface area (Å²) in [7, 11) is 2.18. The highest BCUT2D eigenvalue weighted by atomic mass is 15.2. The van der Waals surface area contributed by atoms with Crippen molar-refractivity contribution in [2.24, 2.45) is 5.11 Å². The van der Waals surface area contributed by atoms with Gasteiger partial charge in [0.15, 0.2) is 0 Å². The van der Waals surface area contributed by atoms with Crippen LogP contribution in [0.15, 0.2) is 5.11 Å². The first-order chi connectivity index (χ1) is 7.77. The van der Waals surface area contributed by atoms with Crippen LogP contribution in [0, 0.1) is 0 Å². The average molecular weight is 225 g/mol. The van der Waals surface area contributed by atoms with E-state index in [-0.39, 0.29) is 0 Å². The van der Waals surface area contributed by atoms with Crippen LogP contribution in [-0.2, 0) is 0 Å². The molecule has 0 atom stereocenters. The largest absolute Gasteiger partial charge is 0.303 e. The number of likely N-dealkylation sites (tertiary alicyclic amines) is 1. The second-order valence-electron chi connectivity index (χ2n) is 4.45. The fraction of sp³-hybridized carbons (Fsp3) is 1.00. The molecule has 1 aliphatic heterocycles. The summed E-state index contributed by atoms with van der Waals surface area (Å²) in [5.74, 6) is 0. The third-order valence-corrected chi connectivity index (χ3v) is 3.46. The second-order valence-corrected chi connectivity index (χ2v) is 4.45. The van der Waals surface area contributed by atoms with E-state index in [1.54, 1.807) is 0 Å². The summed E-state index contributed by atoms with van der Waals surface area (Å²) in [6.07, 6.45) is 3.51. The summed E-state index contributed by atoms with van der Waals surface area (Å²) >= 11 is 0. The molecule has 0 bridgehead atoms. The molecule has 1 rings (SSSR count). The van der Waals surface area contributed by atoms with Crippen LogP contribution in [0.3, 0.4) is 0 Å². The van der Waals surface area contributed by atoms with Gasteiger partial charge in [-0.1, -0.05) is 12.0 Å². The molecule has 0 amide bonds. The molecule has 0 aromatic rings. The van der Waals surface area contributed by atoms with Crippen LogP contribution in [0.4, 0.5) is 0 Å². The van der Waals surface area contributed by atoms with Gasteiger partial charge in [-0.15, -0.1) is 0 Å². The molecular weight excluding hydrogens is 202 g/mol. The Labute approximate surface area is 98.0 Å². The number of rotatable bonds is 6. The average Bonchev–Trinajstić information content (AvgIpc) is 2.34. The fourth-order valence-corrected chi connectivity index (χ4v) is 2.29. The molecule has 0 N–H and O–H groups in total. The monoisotopic (exact) mass is 225 g/mol. The lowest BCUT2D eigenvalue weighted by Gasteiger charge is -2.36. The number of hydrogen-bond donors (Lipinski definition) is 0. The van der Waals surface area contributed by atoms with Gasteiger partial charge >= 0.3 is 0 Å².